The molecule has 0 aliphatic rings. The second-order valence-electron chi connectivity index (χ2n) is 4.71. The van der Waals surface area contributed by atoms with E-state index >= 15 is 0 Å². The SMILES string of the molecule is COCCNc1cc(N(C)CCc2ccncc2)ncn1. The normalized spacial score (nSPS) is 10.4. The van der Waals surface area contributed by atoms with Crippen molar-refractivity contribution in [2.45, 2.75) is 6.42 Å². The van der Waals surface area contributed by atoms with Crippen LogP contribution < -0.4 is 10.2 Å². The first-order valence-electron chi connectivity index (χ1n) is 6.94. The number of rotatable bonds is 8. The Hall–Kier alpha value is -2.21. The summed E-state index contributed by atoms with van der Waals surface area (Å²) in [5.74, 6) is 1.71. The lowest BCUT2D eigenvalue weighted by Gasteiger charge is -2.18. The molecule has 2 aromatic heterocycles. The number of nitrogens with one attached hydrogen (secondary N) is 1. The van der Waals surface area contributed by atoms with Crippen LogP contribution in [0.4, 0.5) is 11.6 Å². The van der Waals surface area contributed by atoms with Crippen molar-refractivity contribution < 1.29 is 4.74 Å². The van der Waals surface area contributed by atoms with Crippen molar-refractivity contribution in [3.05, 3.63) is 42.5 Å². The van der Waals surface area contributed by atoms with E-state index < -0.39 is 0 Å². The zero-order valence-corrected chi connectivity index (χ0v) is 12.5. The first-order chi connectivity index (χ1) is 10.3. The third-order valence-electron chi connectivity index (χ3n) is 3.14. The number of ether oxygens (including phenoxy) is 1. The van der Waals surface area contributed by atoms with Gasteiger partial charge in [-0.2, -0.15) is 0 Å². The minimum atomic E-state index is 0.650. The molecule has 0 aromatic carbocycles. The van der Waals surface area contributed by atoms with Crippen molar-refractivity contribution in [1.82, 2.24) is 15.0 Å². The van der Waals surface area contributed by atoms with Gasteiger partial charge in [-0.3, -0.25) is 4.98 Å². The Morgan fingerprint density at radius 1 is 1.24 bits per heavy atom. The highest BCUT2D eigenvalue weighted by Crippen LogP contribution is 2.13. The molecule has 2 rings (SSSR count). The summed E-state index contributed by atoms with van der Waals surface area (Å²) in [4.78, 5) is 14.7. The summed E-state index contributed by atoms with van der Waals surface area (Å²) in [5, 5.41) is 3.20. The van der Waals surface area contributed by atoms with Crippen LogP contribution in [0.1, 0.15) is 5.56 Å². The predicted molar refractivity (Wildman–Crippen MR) is 83.6 cm³/mol. The summed E-state index contributed by atoms with van der Waals surface area (Å²) in [6.07, 6.45) is 6.17. The van der Waals surface area contributed by atoms with Crippen molar-refractivity contribution in [1.29, 1.82) is 0 Å². The van der Waals surface area contributed by atoms with E-state index in [4.69, 9.17) is 4.74 Å². The van der Waals surface area contributed by atoms with Crippen molar-refractivity contribution in [2.75, 3.05) is 44.1 Å². The zero-order chi connectivity index (χ0) is 14.9. The summed E-state index contributed by atoms with van der Waals surface area (Å²) in [6.45, 7) is 2.27. The van der Waals surface area contributed by atoms with Crippen molar-refractivity contribution in [3.8, 4) is 0 Å². The fourth-order valence-corrected chi connectivity index (χ4v) is 1.89. The molecule has 21 heavy (non-hydrogen) atoms. The van der Waals surface area contributed by atoms with Gasteiger partial charge in [0, 0.05) is 45.7 Å². The van der Waals surface area contributed by atoms with Gasteiger partial charge in [-0.05, 0) is 24.1 Å². The van der Waals surface area contributed by atoms with Crippen LogP contribution in [-0.2, 0) is 11.2 Å². The minimum absolute atomic E-state index is 0.650. The van der Waals surface area contributed by atoms with Crippen LogP contribution in [0.25, 0.3) is 0 Å². The van der Waals surface area contributed by atoms with Gasteiger partial charge in [0.25, 0.3) is 0 Å². The molecule has 0 aliphatic heterocycles. The highest BCUT2D eigenvalue weighted by Gasteiger charge is 2.04. The third kappa shape index (κ3) is 5.00. The smallest absolute Gasteiger partial charge is 0.133 e. The average Bonchev–Trinajstić information content (AvgIpc) is 2.54. The summed E-state index contributed by atoms with van der Waals surface area (Å²) >= 11 is 0. The first kappa shape index (κ1) is 15.2. The van der Waals surface area contributed by atoms with Gasteiger partial charge in [0.1, 0.15) is 18.0 Å². The van der Waals surface area contributed by atoms with Crippen molar-refractivity contribution >= 4 is 11.6 Å². The van der Waals surface area contributed by atoms with Crippen LogP contribution in [0.3, 0.4) is 0 Å². The van der Waals surface area contributed by atoms with E-state index in [0.717, 1.165) is 31.1 Å². The fourth-order valence-electron chi connectivity index (χ4n) is 1.89. The monoisotopic (exact) mass is 287 g/mol. The molecule has 0 saturated heterocycles. The van der Waals surface area contributed by atoms with Crippen LogP contribution in [0.15, 0.2) is 36.9 Å². The highest BCUT2D eigenvalue weighted by atomic mass is 16.5. The number of aromatic nitrogens is 3. The molecule has 1 N–H and O–H groups in total. The molecule has 2 heterocycles. The molecule has 0 amide bonds. The molecule has 0 atom stereocenters. The first-order valence-corrected chi connectivity index (χ1v) is 6.94. The number of hydrogen-bond acceptors (Lipinski definition) is 6. The van der Waals surface area contributed by atoms with Crippen LogP contribution in [0.5, 0.6) is 0 Å². The van der Waals surface area contributed by atoms with Gasteiger partial charge in [0.05, 0.1) is 6.61 Å². The van der Waals surface area contributed by atoms with Gasteiger partial charge in [-0.15, -0.1) is 0 Å². The number of anilines is 2. The molecular weight excluding hydrogens is 266 g/mol. The van der Waals surface area contributed by atoms with Crippen LogP contribution in [-0.4, -0.2) is 48.8 Å². The van der Waals surface area contributed by atoms with Gasteiger partial charge in [-0.1, -0.05) is 0 Å². The van der Waals surface area contributed by atoms with E-state index in [-0.39, 0.29) is 0 Å². The number of nitrogens with zero attached hydrogens (tertiary/aromatic N) is 4. The quantitative estimate of drug-likeness (QED) is 0.744. The second-order valence-corrected chi connectivity index (χ2v) is 4.71. The maximum absolute atomic E-state index is 5.01. The largest absolute Gasteiger partial charge is 0.383 e. The molecule has 6 heteroatoms. The summed E-state index contributed by atoms with van der Waals surface area (Å²) in [6, 6.07) is 6.01. The molecule has 0 saturated carbocycles. The third-order valence-corrected chi connectivity index (χ3v) is 3.14. The number of methoxy groups -OCH3 is 1. The lowest BCUT2D eigenvalue weighted by Crippen LogP contribution is -2.22. The molecule has 112 valence electrons. The summed E-state index contributed by atoms with van der Waals surface area (Å²) in [5.41, 5.74) is 1.27. The Balaban J connectivity index is 1.89. The molecular formula is C15H21N5O. The predicted octanol–water partition coefficient (Wildman–Crippen LogP) is 1.61. The van der Waals surface area contributed by atoms with E-state index in [1.165, 1.54) is 5.56 Å². The molecule has 6 nitrogen and oxygen atoms in total. The molecule has 0 unspecified atom stereocenters. The molecule has 0 radical (unpaired) electrons. The van der Waals surface area contributed by atoms with E-state index in [1.54, 1.807) is 13.4 Å². The van der Waals surface area contributed by atoms with Crippen molar-refractivity contribution in [2.24, 2.45) is 0 Å². The fraction of sp³-hybridized carbons (Fsp3) is 0.400. The van der Waals surface area contributed by atoms with E-state index in [1.807, 2.05) is 37.6 Å². The standard InChI is InChI=1S/C15H21N5O/c1-20(9-5-13-3-6-16-7-4-13)15-11-14(18-12-19-15)17-8-10-21-2/h3-4,6-7,11-12H,5,8-10H2,1-2H3,(H,17,18,19). The Morgan fingerprint density at radius 3 is 2.81 bits per heavy atom. The highest BCUT2D eigenvalue weighted by molar-refractivity contribution is 5.47. The molecule has 0 fully saturated rings. The average molecular weight is 287 g/mol. The van der Waals surface area contributed by atoms with E-state index in [9.17, 15) is 0 Å². The van der Waals surface area contributed by atoms with Crippen LogP contribution in [0.2, 0.25) is 0 Å². The Morgan fingerprint density at radius 2 is 2.05 bits per heavy atom. The maximum atomic E-state index is 5.01. The lowest BCUT2D eigenvalue weighted by molar-refractivity contribution is 0.210. The lowest BCUT2D eigenvalue weighted by atomic mass is 10.2. The number of likely N-dealkylation sites (N-methyl/N-ethyl adjacent to an activating group) is 1. The van der Waals surface area contributed by atoms with Crippen LogP contribution in [0, 0.1) is 0 Å². The second kappa shape index (κ2) is 8.16. The van der Waals surface area contributed by atoms with Gasteiger partial charge >= 0.3 is 0 Å². The Kier molecular flexibility index (Phi) is 5.90. The van der Waals surface area contributed by atoms with Gasteiger partial charge in [0.2, 0.25) is 0 Å². The summed E-state index contributed by atoms with van der Waals surface area (Å²) < 4.78 is 5.01. The van der Waals surface area contributed by atoms with E-state index in [0.29, 0.717) is 6.61 Å². The topological polar surface area (TPSA) is 63.2 Å². The van der Waals surface area contributed by atoms with Crippen molar-refractivity contribution in [3.63, 3.8) is 0 Å². The van der Waals surface area contributed by atoms with Crippen LogP contribution >= 0.6 is 0 Å². The van der Waals surface area contributed by atoms with Gasteiger partial charge < -0.3 is 15.0 Å². The number of hydrogen-bond donors (Lipinski definition) is 1. The Bertz CT molecular complexity index is 535. The van der Waals surface area contributed by atoms with Gasteiger partial charge in [0.15, 0.2) is 0 Å². The molecule has 0 spiro atoms. The zero-order valence-electron chi connectivity index (χ0n) is 12.5. The Labute approximate surface area is 125 Å². The summed E-state index contributed by atoms with van der Waals surface area (Å²) in [7, 11) is 3.71. The molecule has 2 aromatic rings. The molecule has 0 bridgehead atoms. The molecule has 0 aliphatic carbocycles. The number of pyridine rings is 1. The minimum Gasteiger partial charge on any atom is -0.383 e. The van der Waals surface area contributed by atoms with Gasteiger partial charge in [-0.25, -0.2) is 9.97 Å². The van der Waals surface area contributed by atoms with E-state index in [2.05, 4.69) is 25.2 Å². The maximum Gasteiger partial charge on any atom is 0.133 e.